The van der Waals surface area contributed by atoms with Gasteiger partial charge in [0, 0.05) is 19.2 Å². The van der Waals surface area contributed by atoms with Crippen molar-refractivity contribution in [2.24, 2.45) is 0 Å². The Balaban J connectivity index is 2.00. The van der Waals surface area contributed by atoms with Gasteiger partial charge in [-0.2, -0.15) is 4.98 Å². The van der Waals surface area contributed by atoms with Crippen LogP contribution >= 0.6 is 0 Å². The number of benzene rings is 2. The van der Waals surface area contributed by atoms with Gasteiger partial charge >= 0.3 is 11.4 Å². The van der Waals surface area contributed by atoms with Gasteiger partial charge < -0.3 is 9.80 Å². The van der Waals surface area contributed by atoms with Crippen molar-refractivity contribution in [3.63, 3.8) is 0 Å². The largest absolute Gasteiger partial charge is 0.353 e. The van der Waals surface area contributed by atoms with Crippen molar-refractivity contribution in [2.45, 2.75) is 13.0 Å². The van der Waals surface area contributed by atoms with E-state index in [2.05, 4.69) is 4.98 Å². The summed E-state index contributed by atoms with van der Waals surface area (Å²) in [6, 6.07) is 15.4. The summed E-state index contributed by atoms with van der Waals surface area (Å²) in [5, 5.41) is 0. The van der Waals surface area contributed by atoms with Gasteiger partial charge in [-0.05, 0) is 51.3 Å². The fraction of sp³-hybridized carbons (Fsp3) is 0.286. The Morgan fingerprint density at radius 1 is 0.929 bits per heavy atom. The molecule has 7 heteroatoms. The van der Waals surface area contributed by atoms with Gasteiger partial charge in [-0.25, -0.2) is 18.7 Å². The molecule has 0 saturated heterocycles. The molecule has 0 atom stereocenters. The van der Waals surface area contributed by atoms with Gasteiger partial charge in [0.1, 0.15) is 0 Å². The van der Waals surface area contributed by atoms with Crippen molar-refractivity contribution in [3.8, 4) is 17.1 Å². The van der Waals surface area contributed by atoms with Crippen LogP contribution in [0.2, 0.25) is 0 Å². The second kappa shape index (κ2) is 7.09. The molecule has 0 amide bonds. The summed E-state index contributed by atoms with van der Waals surface area (Å²) in [4.78, 5) is 34.5. The van der Waals surface area contributed by atoms with E-state index in [1.807, 2.05) is 79.5 Å². The van der Waals surface area contributed by atoms with Crippen molar-refractivity contribution in [1.82, 2.24) is 19.0 Å². The van der Waals surface area contributed by atoms with E-state index in [9.17, 15) is 9.59 Å². The van der Waals surface area contributed by atoms with E-state index in [1.165, 1.54) is 4.57 Å². The molecule has 144 valence electrons. The molecular weight excluding hydrogens is 354 g/mol. The first-order valence-electron chi connectivity index (χ1n) is 9.30. The molecule has 0 spiro atoms. The van der Waals surface area contributed by atoms with Gasteiger partial charge in [-0.15, -0.1) is 0 Å². The van der Waals surface area contributed by atoms with E-state index in [0.717, 1.165) is 29.2 Å². The Labute approximate surface area is 163 Å². The van der Waals surface area contributed by atoms with Crippen LogP contribution in [0, 0.1) is 0 Å². The number of fused-ring (bicyclic) bond motifs is 5. The predicted octanol–water partition coefficient (Wildman–Crippen LogP) is 2.09. The van der Waals surface area contributed by atoms with Crippen molar-refractivity contribution >= 4 is 11.4 Å². The van der Waals surface area contributed by atoms with Crippen LogP contribution in [0.5, 0.6) is 0 Å². The second-order valence-electron chi connectivity index (χ2n) is 7.21. The highest BCUT2D eigenvalue weighted by atomic mass is 16.2. The summed E-state index contributed by atoms with van der Waals surface area (Å²) >= 11 is 0. The molecule has 1 aliphatic rings. The number of rotatable bonds is 4. The standard InChI is InChI=1S/C21H23N5O2/c1-23(2)13-8-14-25-20(27)22-19-15-9-4-5-10-16(15)24(3)17-11-6-7-12-18(17)26(19)21(25)28/h4-7,9-12H,8,13-14H2,1-3H3. The van der Waals surface area contributed by atoms with Gasteiger partial charge in [0.05, 0.1) is 17.1 Å². The fourth-order valence-corrected chi connectivity index (χ4v) is 3.65. The number of para-hydroxylation sites is 3. The highest BCUT2D eigenvalue weighted by Crippen LogP contribution is 2.39. The Kier molecular flexibility index (Phi) is 4.60. The zero-order valence-electron chi connectivity index (χ0n) is 16.3. The van der Waals surface area contributed by atoms with E-state index < -0.39 is 5.69 Å². The van der Waals surface area contributed by atoms with E-state index in [0.29, 0.717) is 18.8 Å². The number of hydrogen-bond donors (Lipinski definition) is 0. The normalized spacial score (nSPS) is 12.4. The molecule has 7 nitrogen and oxygen atoms in total. The summed E-state index contributed by atoms with van der Waals surface area (Å²) in [7, 11) is 5.89. The minimum absolute atomic E-state index is 0.336. The molecule has 4 rings (SSSR count). The smallest absolute Gasteiger partial charge is 0.342 e. The molecule has 0 unspecified atom stereocenters. The van der Waals surface area contributed by atoms with E-state index >= 15 is 0 Å². The van der Waals surface area contributed by atoms with Crippen LogP contribution in [-0.2, 0) is 6.54 Å². The summed E-state index contributed by atoms with van der Waals surface area (Å²) in [6.45, 7) is 1.12. The van der Waals surface area contributed by atoms with E-state index in [1.54, 1.807) is 4.57 Å². The van der Waals surface area contributed by atoms with Crippen molar-refractivity contribution in [2.75, 3.05) is 32.6 Å². The van der Waals surface area contributed by atoms with Gasteiger partial charge in [0.25, 0.3) is 0 Å². The molecule has 28 heavy (non-hydrogen) atoms. The number of hydrogen-bond acceptors (Lipinski definition) is 5. The van der Waals surface area contributed by atoms with Crippen LogP contribution in [0.1, 0.15) is 6.42 Å². The van der Waals surface area contributed by atoms with Gasteiger partial charge in [-0.1, -0.05) is 24.3 Å². The van der Waals surface area contributed by atoms with Crippen LogP contribution in [0.3, 0.4) is 0 Å². The number of aromatic nitrogens is 3. The SMILES string of the molecule is CN(C)CCCn1c(=O)nc2n(c1=O)-c1ccccc1N(C)c1ccccc1-2. The fourth-order valence-electron chi connectivity index (χ4n) is 3.65. The van der Waals surface area contributed by atoms with Crippen molar-refractivity contribution in [3.05, 3.63) is 69.5 Å². The lowest BCUT2D eigenvalue weighted by atomic mass is 10.1. The third-order valence-corrected chi connectivity index (χ3v) is 5.04. The molecule has 0 bridgehead atoms. The summed E-state index contributed by atoms with van der Waals surface area (Å²) in [5.41, 5.74) is 2.40. The Morgan fingerprint density at radius 2 is 1.57 bits per heavy atom. The van der Waals surface area contributed by atoms with Crippen LogP contribution in [0.15, 0.2) is 58.1 Å². The molecule has 0 radical (unpaired) electrons. The predicted molar refractivity (Wildman–Crippen MR) is 111 cm³/mol. The highest BCUT2D eigenvalue weighted by molar-refractivity contribution is 5.85. The topological polar surface area (TPSA) is 63.4 Å². The second-order valence-corrected chi connectivity index (χ2v) is 7.21. The molecule has 0 saturated carbocycles. The monoisotopic (exact) mass is 377 g/mol. The summed E-state index contributed by atoms with van der Waals surface area (Å²) < 4.78 is 2.80. The third kappa shape index (κ3) is 2.93. The first kappa shape index (κ1) is 18.2. The quantitative estimate of drug-likeness (QED) is 0.697. The van der Waals surface area contributed by atoms with Gasteiger partial charge in [0.2, 0.25) is 0 Å². The van der Waals surface area contributed by atoms with E-state index in [4.69, 9.17) is 0 Å². The molecule has 1 aliphatic heterocycles. The Hall–Kier alpha value is -3.19. The zero-order chi connectivity index (χ0) is 19.8. The number of anilines is 2. The van der Waals surface area contributed by atoms with Crippen LogP contribution in [0.4, 0.5) is 11.4 Å². The van der Waals surface area contributed by atoms with Crippen LogP contribution in [-0.4, -0.2) is 46.7 Å². The summed E-state index contributed by atoms with van der Waals surface area (Å²) in [5.74, 6) is 0.381. The lowest BCUT2D eigenvalue weighted by Crippen LogP contribution is -2.42. The first-order valence-corrected chi connectivity index (χ1v) is 9.30. The molecule has 0 fully saturated rings. The van der Waals surface area contributed by atoms with Crippen LogP contribution in [0.25, 0.3) is 17.1 Å². The average Bonchev–Trinajstić information content (AvgIpc) is 2.79. The molecule has 1 aromatic heterocycles. The molecule has 0 N–H and O–H groups in total. The third-order valence-electron chi connectivity index (χ3n) is 5.04. The maximum absolute atomic E-state index is 13.4. The minimum Gasteiger partial charge on any atom is -0.342 e. The Morgan fingerprint density at radius 3 is 2.29 bits per heavy atom. The van der Waals surface area contributed by atoms with Gasteiger partial charge in [0.15, 0.2) is 5.82 Å². The molecule has 2 heterocycles. The highest BCUT2D eigenvalue weighted by Gasteiger charge is 2.25. The molecule has 0 aliphatic carbocycles. The first-order chi connectivity index (χ1) is 13.5. The van der Waals surface area contributed by atoms with E-state index in [-0.39, 0.29) is 5.69 Å². The average molecular weight is 377 g/mol. The molecule has 2 aromatic carbocycles. The van der Waals surface area contributed by atoms with Gasteiger partial charge in [-0.3, -0.25) is 0 Å². The van der Waals surface area contributed by atoms with Crippen molar-refractivity contribution < 1.29 is 0 Å². The van der Waals surface area contributed by atoms with Crippen molar-refractivity contribution in [1.29, 1.82) is 0 Å². The number of nitrogens with zero attached hydrogens (tertiary/aromatic N) is 5. The minimum atomic E-state index is -0.508. The summed E-state index contributed by atoms with van der Waals surface area (Å²) in [6.07, 6.45) is 0.696. The maximum atomic E-state index is 13.4. The molecule has 3 aromatic rings. The van der Waals surface area contributed by atoms with Crippen LogP contribution < -0.4 is 16.3 Å². The zero-order valence-corrected chi connectivity index (χ0v) is 16.3. The maximum Gasteiger partial charge on any atom is 0.353 e. The lowest BCUT2D eigenvalue weighted by Gasteiger charge is -2.21. The lowest BCUT2D eigenvalue weighted by molar-refractivity contribution is 0.380. The molecular formula is C21H23N5O2. The Bertz CT molecular complexity index is 1150.